The maximum atomic E-state index is 9.61. The van der Waals surface area contributed by atoms with Gasteiger partial charge in [-0.2, -0.15) is 0 Å². The van der Waals surface area contributed by atoms with Gasteiger partial charge in [-0.25, -0.2) is 0 Å². The molecular weight excluding hydrogens is 244 g/mol. The van der Waals surface area contributed by atoms with Crippen LogP contribution in [-0.4, -0.2) is 46.5 Å². The molecule has 0 unspecified atom stereocenters. The van der Waals surface area contributed by atoms with Crippen LogP contribution in [-0.2, 0) is 8.92 Å². The highest BCUT2D eigenvalue weighted by Gasteiger charge is 2.43. The highest BCUT2D eigenvalue weighted by Crippen LogP contribution is 2.28. The van der Waals surface area contributed by atoms with E-state index < -0.39 is 24.6 Å². The van der Waals surface area contributed by atoms with Gasteiger partial charge in [-0.05, 0) is 12.1 Å². The molecule has 1 aromatic carbocycles. The first-order valence-electron chi connectivity index (χ1n) is 5.23. The zero-order valence-electron chi connectivity index (χ0n) is 8.97. The van der Waals surface area contributed by atoms with Crippen LogP contribution >= 0.6 is 12.0 Å². The van der Waals surface area contributed by atoms with Crippen molar-refractivity contribution in [3.8, 4) is 0 Å². The topological polar surface area (TPSA) is 79.2 Å². The van der Waals surface area contributed by atoms with Gasteiger partial charge in [0.2, 0.25) is 0 Å². The predicted molar refractivity (Wildman–Crippen MR) is 61.1 cm³/mol. The fourth-order valence-electron chi connectivity index (χ4n) is 1.52. The molecule has 2 rings (SSSR count). The number of rotatable bonds is 4. The Morgan fingerprint density at radius 3 is 2.47 bits per heavy atom. The number of ether oxygens (including phenoxy) is 1. The first-order chi connectivity index (χ1) is 8.22. The third-order valence-corrected chi connectivity index (χ3v) is 3.23. The summed E-state index contributed by atoms with van der Waals surface area (Å²) >= 11 is 1.06. The molecule has 1 heterocycles. The molecule has 0 bridgehead atoms. The quantitative estimate of drug-likeness (QED) is 0.667. The molecular formula is C11H14O5S. The van der Waals surface area contributed by atoms with Crippen LogP contribution in [0.3, 0.4) is 0 Å². The molecule has 1 aliphatic heterocycles. The van der Waals surface area contributed by atoms with E-state index >= 15 is 0 Å². The van der Waals surface area contributed by atoms with E-state index in [2.05, 4.69) is 0 Å². The molecule has 0 saturated carbocycles. The Bertz CT molecular complexity index is 347. The van der Waals surface area contributed by atoms with Crippen molar-refractivity contribution in [3.63, 3.8) is 0 Å². The van der Waals surface area contributed by atoms with E-state index in [0.29, 0.717) is 0 Å². The normalized spacial score (nSPS) is 32.9. The van der Waals surface area contributed by atoms with E-state index in [4.69, 9.17) is 14.0 Å². The Balaban J connectivity index is 1.88. The van der Waals surface area contributed by atoms with E-state index in [1.165, 1.54) is 0 Å². The van der Waals surface area contributed by atoms with E-state index in [0.717, 1.165) is 16.9 Å². The van der Waals surface area contributed by atoms with Crippen LogP contribution in [0.4, 0.5) is 0 Å². The molecule has 0 aliphatic carbocycles. The highest BCUT2D eigenvalue weighted by molar-refractivity contribution is 7.94. The third kappa shape index (κ3) is 2.98. The van der Waals surface area contributed by atoms with Gasteiger partial charge in [0.15, 0.2) is 6.29 Å². The van der Waals surface area contributed by atoms with Gasteiger partial charge in [0.1, 0.15) is 18.3 Å². The lowest BCUT2D eigenvalue weighted by atomic mass is 10.1. The highest BCUT2D eigenvalue weighted by atomic mass is 32.2. The molecule has 0 spiro atoms. The second-order valence-corrected chi connectivity index (χ2v) is 4.53. The van der Waals surface area contributed by atoms with Crippen LogP contribution in [0, 0.1) is 0 Å². The van der Waals surface area contributed by atoms with Crippen molar-refractivity contribution < 1.29 is 24.2 Å². The second-order valence-electron chi connectivity index (χ2n) is 3.70. The molecule has 17 heavy (non-hydrogen) atoms. The zero-order valence-corrected chi connectivity index (χ0v) is 9.79. The Morgan fingerprint density at radius 1 is 1.18 bits per heavy atom. The summed E-state index contributed by atoms with van der Waals surface area (Å²) in [7, 11) is 0. The minimum absolute atomic E-state index is 0.353. The average Bonchev–Trinajstić information content (AvgIpc) is 2.65. The van der Waals surface area contributed by atoms with Crippen LogP contribution in [0.25, 0.3) is 0 Å². The van der Waals surface area contributed by atoms with Gasteiger partial charge in [-0.15, -0.1) is 0 Å². The minimum Gasteiger partial charge on any atom is -0.394 e. The van der Waals surface area contributed by atoms with Crippen LogP contribution in [0.2, 0.25) is 0 Å². The summed E-state index contributed by atoms with van der Waals surface area (Å²) in [5.41, 5.74) is 0. The standard InChI is InChI=1S/C11H14O5S/c12-6-8-9(13)10(14)11(15-8)16-17-7-4-2-1-3-5-7/h1-5,8-14H,6H2/t8-,9-,10-,11+/m1/s1. The summed E-state index contributed by atoms with van der Waals surface area (Å²) in [6, 6.07) is 9.32. The minimum atomic E-state index is -1.15. The fourth-order valence-corrected chi connectivity index (χ4v) is 2.16. The van der Waals surface area contributed by atoms with Crippen LogP contribution in [0.5, 0.6) is 0 Å². The lowest BCUT2D eigenvalue weighted by Gasteiger charge is -2.13. The number of aliphatic hydroxyl groups is 3. The summed E-state index contributed by atoms with van der Waals surface area (Å²) in [6.45, 7) is -0.353. The number of aliphatic hydroxyl groups excluding tert-OH is 3. The molecule has 0 aromatic heterocycles. The van der Waals surface area contributed by atoms with Gasteiger partial charge < -0.3 is 20.1 Å². The molecule has 0 amide bonds. The second kappa shape index (κ2) is 5.81. The van der Waals surface area contributed by atoms with Crippen LogP contribution in [0.1, 0.15) is 0 Å². The van der Waals surface area contributed by atoms with E-state index in [-0.39, 0.29) is 6.61 Å². The van der Waals surface area contributed by atoms with Crippen molar-refractivity contribution in [1.82, 2.24) is 0 Å². The molecule has 6 heteroatoms. The fraction of sp³-hybridized carbons (Fsp3) is 0.455. The van der Waals surface area contributed by atoms with Gasteiger partial charge in [-0.3, -0.25) is 4.18 Å². The van der Waals surface area contributed by atoms with Crippen LogP contribution < -0.4 is 0 Å². The van der Waals surface area contributed by atoms with Gasteiger partial charge in [0.05, 0.1) is 6.61 Å². The molecule has 4 atom stereocenters. The van der Waals surface area contributed by atoms with Crippen molar-refractivity contribution in [2.45, 2.75) is 29.5 Å². The van der Waals surface area contributed by atoms with Crippen molar-refractivity contribution in [2.24, 2.45) is 0 Å². The maximum Gasteiger partial charge on any atom is 0.200 e. The van der Waals surface area contributed by atoms with E-state index in [1.807, 2.05) is 30.3 Å². The number of benzene rings is 1. The van der Waals surface area contributed by atoms with Gasteiger partial charge in [0, 0.05) is 16.9 Å². The van der Waals surface area contributed by atoms with Gasteiger partial charge in [0.25, 0.3) is 0 Å². The van der Waals surface area contributed by atoms with Crippen LogP contribution in [0.15, 0.2) is 35.2 Å². The van der Waals surface area contributed by atoms with Crippen molar-refractivity contribution in [1.29, 1.82) is 0 Å². The Kier molecular flexibility index (Phi) is 4.38. The number of hydrogen-bond donors (Lipinski definition) is 3. The molecule has 3 N–H and O–H groups in total. The van der Waals surface area contributed by atoms with E-state index in [1.54, 1.807) is 0 Å². The predicted octanol–water partition coefficient (Wildman–Crippen LogP) is 0.149. The van der Waals surface area contributed by atoms with Gasteiger partial charge in [-0.1, -0.05) is 18.2 Å². The summed E-state index contributed by atoms with van der Waals surface area (Å²) in [5, 5.41) is 28.0. The van der Waals surface area contributed by atoms with Crippen molar-refractivity contribution in [3.05, 3.63) is 30.3 Å². The molecule has 5 nitrogen and oxygen atoms in total. The molecule has 94 valence electrons. The Hall–Kier alpha value is -0.630. The van der Waals surface area contributed by atoms with Crippen molar-refractivity contribution >= 4 is 12.0 Å². The zero-order chi connectivity index (χ0) is 12.3. The lowest BCUT2D eigenvalue weighted by Crippen LogP contribution is -2.34. The molecule has 1 fully saturated rings. The van der Waals surface area contributed by atoms with Gasteiger partial charge >= 0.3 is 0 Å². The number of hydrogen-bond acceptors (Lipinski definition) is 6. The monoisotopic (exact) mass is 258 g/mol. The molecule has 0 radical (unpaired) electrons. The molecule has 1 aliphatic rings. The third-order valence-electron chi connectivity index (χ3n) is 2.48. The first-order valence-corrected chi connectivity index (χ1v) is 5.97. The largest absolute Gasteiger partial charge is 0.394 e. The average molecular weight is 258 g/mol. The smallest absolute Gasteiger partial charge is 0.200 e. The summed E-state index contributed by atoms with van der Waals surface area (Å²) in [6.07, 6.45) is -4.01. The Morgan fingerprint density at radius 2 is 1.88 bits per heavy atom. The van der Waals surface area contributed by atoms with E-state index in [9.17, 15) is 10.2 Å². The molecule has 1 aromatic rings. The first kappa shape index (κ1) is 12.8. The lowest BCUT2D eigenvalue weighted by molar-refractivity contribution is -0.107. The Labute approximate surface area is 103 Å². The summed E-state index contributed by atoms with van der Waals surface area (Å²) in [4.78, 5) is 0.866. The summed E-state index contributed by atoms with van der Waals surface area (Å²) < 4.78 is 10.4. The SMILES string of the molecule is OC[C@H]1O[C@@H](OSc2ccccc2)[C@H](O)[C@@H]1O. The molecule has 1 saturated heterocycles. The summed E-state index contributed by atoms with van der Waals surface area (Å²) in [5.74, 6) is 0. The maximum absolute atomic E-state index is 9.61. The van der Waals surface area contributed by atoms with Crippen molar-refractivity contribution in [2.75, 3.05) is 6.61 Å².